The van der Waals surface area contributed by atoms with Crippen LogP contribution < -0.4 is 17.7 Å². The van der Waals surface area contributed by atoms with E-state index < -0.39 is 5.82 Å². The Labute approximate surface area is 188 Å². The summed E-state index contributed by atoms with van der Waals surface area (Å²) < 4.78 is 20.8. The maximum absolute atomic E-state index is 13.3. The molecule has 2 aromatic heterocycles. The van der Waals surface area contributed by atoms with E-state index in [-0.39, 0.29) is 17.4 Å². The molecule has 0 unspecified atom stereocenters. The Hall–Kier alpha value is -2.39. The van der Waals surface area contributed by atoms with Crippen molar-refractivity contribution in [2.45, 2.75) is 11.7 Å². The zero-order valence-corrected chi connectivity index (χ0v) is 18.0. The molecule has 0 atom stereocenters. The van der Waals surface area contributed by atoms with Crippen molar-refractivity contribution < 1.29 is 21.2 Å². The minimum atomic E-state index is -0.445. The molecule has 0 aliphatic heterocycles. The van der Waals surface area contributed by atoms with Crippen LogP contribution in [0.15, 0.2) is 70.2 Å². The number of halogens is 3. The SMILES string of the molecule is Fc1ccc(-c2ccc(CNCCSc3nnnn3-c3ccccc3)o2)cc1Cl.[Cl-]. The summed E-state index contributed by atoms with van der Waals surface area (Å²) in [5, 5.41) is 16.0. The van der Waals surface area contributed by atoms with Crippen LogP contribution in [0.3, 0.4) is 0 Å². The zero-order valence-electron chi connectivity index (χ0n) is 15.6. The molecule has 0 amide bonds. The van der Waals surface area contributed by atoms with Crippen LogP contribution in [0.25, 0.3) is 17.0 Å². The lowest BCUT2D eigenvalue weighted by Gasteiger charge is -2.05. The molecular weight excluding hydrogens is 448 g/mol. The minimum absolute atomic E-state index is 0. The number of hydrogen-bond donors (Lipinski definition) is 1. The normalized spacial score (nSPS) is 10.7. The molecule has 0 radical (unpaired) electrons. The molecule has 0 aliphatic rings. The second-order valence-electron chi connectivity index (χ2n) is 6.13. The van der Waals surface area contributed by atoms with Gasteiger partial charge in [-0.25, -0.2) is 4.39 Å². The predicted molar refractivity (Wildman–Crippen MR) is 111 cm³/mol. The molecule has 1 N–H and O–H groups in total. The lowest BCUT2D eigenvalue weighted by atomic mass is 10.2. The Kier molecular flexibility index (Phi) is 7.87. The van der Waals surface area contributed by atoms with E-state index in [0.29, 0.717) is 12.3 Å². The number of benzene rings is 2. The van der Waals surface area contributed by atoms with Crippen molar-refractivity contribution in [2.75, 3.05) is 12.3 Å². The van der Waals surface area contributed by atoms with Gasteiger partial charge in [0.05, 0.1) is 17.3 Å². The molecule has 0 aliphatic carbocycles. The van der Waals surface area contributed by atoms with Gasteiger partial charge in [-0.05, 0) is 52.9 Å². The molecule has 0 spiro atoms. The van der Waals surface area contributed by atoms with E-state index in [1.807, 2.05) is 42.5 Å². The van der Waals surface area contributed by atoms with Crippen molar-refractivity contribution >= 4 is 23.4 Å². The van der Waals surface area contributed by atoms with Gasteiger partial charge < -0.3 is 22.1 Å². The number of furan rings is 1. The molecule has 0 saturated heterocycles. The smallest absolute Gasteiger partial charge is 0.214 e. The fourth-order valence-electron chi connectivity index (χ4n) is 2.70. The van der Waals surface area contributed by atoms with Crippen molar-refractivity contribution in [1.82, 2.24) is 25.5 Å². The topological polar surface area (TPSA) is 68.8 Å². The third-order valence-corrected chi connectivity index (χ3v) is 5.33. The van der Waals surface area contributed by atoms with Gasteiger partial charge in [0, 0.05) is 17.9 Å². The van der Waals surface area contributed by atoms with Gasteiger partial charge in [0.25, 0.3) is 0 Å². The van der Waals surface area contributed by atoms with Gasteiger partial charge >= 0.3 is 0 Å². The van der Waals surface area contributed by atoms with Crippen LogP contribution >= 0.6 is 23.4 Å². The highest BCUT2D eigenvalue weighted by atomic mass is 35.5. The largest absolute Gasteiger partial charge is 1.00 e. The Bertz CT molecular complexity index is 1090. The fourth-order valence-corrected chi connectivity index (χ4v) is 3.67. The highest BCUT2D eigenvalue weighted by Crippen LogP contribution is 2.26. The third-order valence-electron chi connectivity index (χ3n) is 4.12. The van der Waals surface area contributed by atoms with E-state index in [0.717, 1.165) is 34.5 Å². The lowest BCUT2D eigenvalue weighted by Crippen LogP contribution is -3.00. The molecule has 10 heteroatoms. The van der Waals surface area contributed by atoms with Crippen LogP contribution in [-0.4, -0.2) is 32.5 Å². The highest BCUT2D eigenvalue weighted by Gasteiger charge is 2.09. The van der Waals surface area contributed by atoms with E-state index >= 15 is 0 Å². The first-order chi connectivity index (χ1) is 14.2. The minimum Gasteiger partial charge on any atom is -1.00 e. The molecule has 2 aromatic carbocycles. The quantitative estimate of drug-likeness (QED) is 0.315. The van der Waals surface area contributed by atoms with Crippen molar-refractivity contribution in [2.24, 2.45) is 0 Å². The molecule has 4 rings (SSSR count). The maximum atomic E-state index is 13.3. The van der Waals surface area contributed by atoms with Crippen LogP contribution in [0.2, 0.25) is 5.02 Å². The molecule has 6 nitrogen and oxygen atoms in total. The number of nitrogens with one attached hydrogen (secondary N) is 1. The summed E-state index contributed by atoms with van der Waals surface area (Å²) in [6, 6.07) is 18.0. The summed E-state index contributed by atoms with van der Waals surface area (Å²) in [6.45, 7) is 1.34. The van der Waals surface area contributed by atoms with E-state index in [1.54, 1.807) is 28.6 Å². The Morgan fingerprint density at radius 1 is 1.10 bits per heavy atom. The molecule has 0 saturated carbocycles. The van der Waals surface area contributed by atoms with Crippen LogP contribution in [-0.2, 0) is 6.54 Å². The third kappa shape index (κ3) is 5.40. The predicted octanol–water partition coefficient (Wildman–Crippen LogP) is 1.60. The van der Waals surface area contributed by atoms with E-state index in [9.17, 15) is 4.39 Å². The van der Waals surface area contributed by atoms with Gasteiger partial charge in [-0.3, -0.25) is 0 Å². The molecule has 156 valence electrons. The molecule has 30 heavy (non-hydrogen) atoms. The lowest BCUT2D eigenvalue weighted by molar-refractivity contribution is -0.00000695. The monoisotopic (exact) mass is 464 g/mol. The van der Waals surface area contributed by atoms with Gasteiger partial charge in [-0.15, -0.1) is 5.10 Å². The van der Waals surface area contributed by atoms with Crippen LogP contribution in [0.1, 0.15) is 5.76 Å². The summed E-state index contributed by atoms with van der Waals surface area (Å²) in [4.78, 5) is 0. The number of thioether (sulfide) groups is 1. The molecule has 0 fully saturated rings. The van der Waals surface area contributed by atoms with Gasteiger partial charge in [0.1, 0.15) is 17.3 Å². The number of tetrazole rings is 1. The summed E-state index contributed by atoms with van der Waals surface area (Å²) in [5.74, 6) is 1.80. The van der Waals surface area contributed by atoms with Gasteiger partial charge in [-0.2, -0.15) is 4.68 Å². The van der Waals surface area contributed by atoms with Gasteiger partial charge in [0.2, 0.25) is 5.16 Å². The number of rotatable bonds is 8. The number of nitrogens with zero attached hydrogens (tertiary/aromatic N) is 4. The molecular formula is C20H17Cl2FN5OS-. The van der Waals surface area contributed by atoms with Crippen molar-refractivity contribution in [1.29, 1.82) is 0 Å². The number of aromatic nitrogens is 4. The van der Waals surface area contributed by atoms with E-state index in [4.69, 9.17) is 16.0 Å². The Balaban J connectivity index is 0.00000256. The van der Waals surface area contributed by atoms with Gasteiger partial charge in [-0.1, -0.05) is 41.6 Å². The van der Waals surface area contributed by atoms with E-state index in [2.05, 4.69) is 20.8 Å². The number of para-hydroxylation sites is 1. The van der Waals surface area contributed by atoms with Crippen molar-refractivity contribution in [3.8, 4) is 17.0 Å². The molecule has 4 aromatic rings. The standard InChI is InChI=1S/C20H17ClFN5OS.ClH/c21-17-12-14(6-8-18(17)22)19-9-7-16(28-19)13-23-10-11-29-20-24-25-26-27(20)15-4-2-1-3-5-15;/h1-9,12,23H,10-11,13H2;1H/p-1. The second kappa shape index (κ2) is 10.6. The Morgan fingerprint density at radius 2 is 1.93 bits per heavy atom. The van der Waals surface area contributed by atoms with E-state index in [1.165, 1.54) is 6.07 Å². The molecule has 0 bridgehead atoms. The van der Waals surface area contributed by atoms with Crippen LogP contribution in [0, 0.1) is 5.82 Å². The summed E-state index contributed by atoms with van der Waals surface area (Å²) >= 11 is 7.41. The average molecular weight is 465 g/mol. The second-order valence-corrected chi connectivity index (χ2v) is 7.60. The average Bonchev–Trinajstić information content (AvgIpc) is 3.40. The van der Waals surface area contributed by atoms with Crippen LogP contribution in [0.5, 0.6) is 0 Å². The summed E-state index contributed by atoms with van der Waals surface area (Å²) in [5.41, 5.74) is 1.67. The van der Waals surface area contributed by atoms with Crippen molar-refractivity contribution in [3.05, 3.63) is 77.3 Å². The maximum Gasteiger partial charge on any atom is 0.214 e. The Morgan fingerprint density at radius 3 is 2.73 bits per heavy atom. The first kappa shape index (κ1) is 22.3. The van der Waals surface area contributed by atoms with Crippen LogP contribution in [0.4, 0.5) is 4.39 Å². The van der Waals surface area contributed by atoms with Gasteiger partial charge in [0.15, 0.2) is 0 Å². The van der Waals surface area contributed by atoms with Crippen molar-refractivity contribution in [3.63, 3.8) is 0 Å². The number of hydrogen-bond acceptors (Lipinski definition) is 6. The first-order valence-electron chi connectivity index (χ1n) is 8.92. The zero-order chi connectivity index (χ0) is 20.1. The highest BCUT2D eigenvalue weighted by molar-refractivity contribution is 7.99. The first-order valence-corrected chi connectivity index (χ1v) is 10.3. The fraction of sp³-hybridized carbons (Fsp3) is 0.150. The molecule has 2 heterocycles. The summed E-state index contributed by atoms with van der Waals surface area (Å²) in [7, 11) is 0. The summed E-state index contributed by atoms with van der Waals surface area (Å²) in [6.07, 6.45) is 0.